The zero-order valence-corrected chi connectivity index (χ0v) is 20.4. The van der Waals surface area contributed by atoms with Crippen molar-refractivity contribution in [2.45, 2.75) is 71.2 Å². The minimum atomic E-state index is -1.60. The molecule has 2 N–H and O–H groups in total. The summed E-state index contributed by atoms with van der Waals surface area (Å²) in [7, 11) is 0. The third-order valence-corrected chi connectivity index (χ3v) is 9.85. The SMILES string of the molecule is C[C@]12CC(C(=O)O)C(=O)C=C1CC[C@@H]1[C@H]2CC[C@@]2(C)[C@H]1CCC2(O)OC(=O)OCc1ccccc1. The molecule has 4 aliphatic rings. The Hall–Kier alpha value is -2.67. The van der Waals surface area contributed by atoms with Gasteiger partial charge in [0.1, 0.15) is 12.5 Å². The van der Waals surface area contributed by atoms with Gasteiger partial charge in [-0.25, -0.2) is 4.79 Å². The number of hydrogen-bond donors (Lipinski definition) is 2. The maximum absolute atomic E-state index is 12.5. The number of carboxylic acids is 1. The summed E-state index contributed by atoms with van der Waals surface area (Å²) in [4.78, 5) is 36.7. The number of carboxylic acid groups (broad SMARTS) is 1. The molecule has 35 heavy (non-hydrogen) atoms. The molecule has 0 bridgehead atoms. The molecule has 0 aromatic heterocycles. The van der Waals surface area contributed by atoms with Gasteiger partial charge in [-0.1, -0.05) is 49.8 Å². The van der Waals surface area contributed by atoms with Gasteiger partial charge in [-0.15, -0.1) is 0 Å². The molecule has 0 radical (unpaired) electrons. The van der Waals surface area contributed by atoms with Crippen LogP contribution in [0, 0.1) is 34.5 Å². The number of allylic oxidation sites excluding steroid dienone is 1. The fraction of sp³-hybridized carbons (Fsp3) is 0.607. The molecule has 7 heteroatoms. The molecule has 7 atom stereocenters. The van der Waals surface area contributed by atoms with Crippen molar-refractivity contribution < 1.29 is 34.1 Å². The predicted molar refractivity (Wildman–Crippen MR) is 126 cm³/mol. The molecule has 0 aliphatic heterocycles. The molecule has 5 rings (SSSR count). The molecule has 0 amide bonds. The normalized spacial score (nSPS) is 40.1. The predicted octanol–water partition coefficient (Wildman–Crippen LogP) is 4.87. The summed E-state index contributed by atoms with van der Waals surface area (Å²) in [5.74, 6) is -3.26. The van der Waals surface area contributed by atoms with Gasteiger partial charge in [0.05, 0.1) is 0 Å². The second-order valence-corrected chi connectivity index (χ2v) is 11.4. The molecule has 3 saturated carbocycles. The van der Waals surface area contributed by atoms with E-state index in [9.17, 15) is 24.6 Å². The van der Waals surface area contributed by atoms with Crippen molar-refractivity contribution in [1.29, 1.82) is 0 Å². The molecule has 4 aliphatic carbocycles. The van der Waals surface area contributed by atoms with Crippen molar-refractivity contribution in [3.63, 3.8) is 0 Å². The zero-order chi connectivity index (χ0) is 25.0. The van der Waals surface area contributed by atoms with Crippen LogP contribution in [0.1, 0.15) is 64.4 Å². The van der Waals surface area contributed by atoms with E-state index < -0.39 is 29.2 Å². The number of benzene rings is 1. The smallest absolute Gasteiger partial charge is 0.481 e. The average Bonchev–Trinajstić information content (AvgIpc) is 3.08. The molecule has 1 aromatic rings. The van der Waals surface area contributed by atoms with E-state index in [0.29, 0.717) is 19.3 Å². The third-order valence-electron chi connectivity index (χ3n) is 9.85. The van der Waals surface area contributed by atoms with Crippen molar-refractivity contribution in [3.05, 3.63) is 47.5 Å². The van der Waals surface area contributed by atoms with E-state index in [1.165, 1.54) is 0 Å². The topological polar surface area (TPSA) is 110 Å². The molecule has 0 spiro atoms. The monoisotopic (exact) mass is 482 g/mol. The highest BCUT2D eigenvalue weighted by molar-refractivity contribution is 6.05. The minimum Gasteiger partial charge on any atom is -0.481 e. The van der Waals surface area contributed by atoms with Crippen LogP contribution in [0.2, 0.25) is 0 Å². The molecule has 0 heterocycles. The molecule has 0 saturated heterocycles. The second-order valence-electron chi connectivity index (χ2n) is 11.4. The Kier molecular flexibility index (Phi) is 5.82. The highest BCUT2D eigenvalue weighted by Gasteiger charge is 2.66. The van der Waals surface area contributed by atoms with Crippen LogP contribution in [0.3, 0.4) is 0 Å². The van der Waals surface area contributed by atoms with Gasteiger partial charge in [-0.05, 0) is 73.3 Å². The summed E-state index contributed by atoms with van der Waals surface area (Å²) in [5, 5.41) is 21.2. The number of ketones is 1. The Bertz CT molecular complexity index is 1060. The fourth-order valence-electron chi connectivity index (χ4n) is 7.88. The van der Waals surface area contributed by atoms with E-state index in [4.69, 9.17) is 9.47 Å². The number of hydrogen-bond acceptors (Lipinski definition) is 6. The van der Waals surface area contributed by atoms with Crippen LogP contribution < -0.4 is 0 Å². The first-order valence-electron chi connectivity index (χ1n) is 12.7. The van der Waals surface area contributed by atoms with Crippen LogP contribution in [0.5, 0.6) is 0 Å². The van der Waals surface area contributed by atoms with Crippen molar-refractivity contribution >= 4 is 17.9 Å². The molecular formula is C28H34O7. The quantitative estimate of drug-likeness (QED) is 0.358. The van der Waals surface area contributed by atoms with Gasteiger partial charge in [0, 0.05) is 11.8 Å². The first kappa shape index (κ1) is 24.0. The molecule has 3 fully saturated rings. The van der Waals surface area contributed by atoms with Gasteiger partial charge in [0.2, 0.25) is 5.79 Å². The summed E-state index contributed by atoms with van der Waals surface area (Å²) in [6.45, 7) is 4.22. The fourth-order valence-corrected chi connectivity index (χ4v) is 7.88. The highest BCUT2D eigenvalue weighted by atomic mass is 16.8. The summed E-state index contributed by atoms with van der Waals surface area (Å²) < 4.78 is 10.9. The van der Waals surface area contributed by atoms with Crippen molar-refractivity contribution in [1.82, 2.24) is 0 Å². The Labute approximate surface area is 205 Å². The van der Waals surface area contributed by atoms with E-state index >= 15 is 0 Å². The molecule has 7 nitrogen and oxygen atoms in total. The van der Waals surface area contributed by atoms with E-state index in [0.717, 1.165) is 36.8 Å². The van der Waals surface area contributed by atoms with E-state index in [1.54, 1.807) is 6.08 Å². The van der Waals surface area contributed by atoms with Crippen LogP contribution in [-0.4, -0.2) is 33.9 Å². The van der Waals surface area contributed by atoms with Crippen LogP contribution in [-0.2, 0) is 25.7 Å². The van der Waals surface area contributed by atoms with Gasteiger partial charge in [-0.2, -0.15) is 0 Å². The lowest BCUT2D eigenvalue weighted by molar-refractivity contribution is -0.254. The zero-order valence-electron chi connectivity index (χ0n) is 20.4. The van der Waals surface area contributed by atoms with E-state index in [-0.39, 0.29) is 35.6 Å². The number of fused-ring (bicyclic) bond motifs is 5. The number of carbonyl (C=O) groups excluding carboxylic acids is 2. The van der Waals surface area contributed by atoms with Crippen LogP contribution in [0.25, 0.3) is 0 Å². The Balaban J connectivity index is 1.32. The van der Waals surface area contributed by atoms with Crippen molar-refractivity contribution in [2.75, 3.05) is 0 Å². The lowest BCUT2D eigenvalue weighted by atomic mass is 9.46. The first-order valence-corrected chi connectivity index (χ1v) is 12.7. The van der Waals surface area contributed by atoms with Crippen LogP contribution >= 0.6 is 0 Å². The van der Waals surface area contributed by atoms with Crippen molar-refractivity contribution in [2.24, 2.45) is 34.5 Å². The molecule has 2 unspecified atom stereocenters. The van der Waals surface area contributed by atoms with E-state index in [1.807, 2.05) is 37.3 Å². The summed E-state index contributed by atoms with van der Waals surface area (Å²) in [5.41, 5.74) is 0.988. The highest BCUT2D eigenvalue weighted by Crippen LogP contribution is 2.68. The number of carbonyl (C=O) groups is 3. The summed E-state index contributed by atoms with van der Waals surface area (Å²) in [6, 6.07) is 9.33. The Morgan fingerprint density at radius 2 is 1.77 bits per heavy atom. The minimum absolute atomic E-state index is 0.0809. The number of ether oxygens (including phenoxy) is 2. The first-order chi connectivity index (χ1) is 16.6. The molecular weight excluding hydrogens is 448 g/mol. The maximum atomic E-state index is 12.5. The number of aliphatic hydroxyl groups is 1. The Morgan fingerprint density at radius 3 is 2.49 bits per heavy atom. The molecule has 1 aromatic carbocycles. The number of aliphatic carboxylic acids is 1. The van der Waals surface area contributed by atoms with E-state index in [2.05, 4.69) is 6.92 Å². The second kappa shape index (κ2) is 8.47. The standard InChI is InChI=1S/C28H34O7/c1-26-15-20(24(30)31)23(29)14-18(26)8-9-19-21(26)10-12-27(2)22(19)11-13-28(27,33)35-25(32)34-16-17-6-4-3-5-7-17/h3-7,14,19-22,33H,8-13,15-16H2,1-2H3,(H,30,31)/t19-,20?,21-,22+,26+,27+,28?/m1/s1. The van der Waals surface area contributed by atoms with Crippen molar-refractivity contribution in [3.8, 4) is 0 Å². The molecule has 188 valence electrons. The van der Waals surface area contributed by atoms with Gasteiger partial charge in [0.15, 0.2) is 5.78 Å². The average molecular weight is 483 g/mol. The van der Waals surface area contributed by atoms with Crippen LogP contribution in [0.4, 0.5) is 4.79 Å². The third kappa shape index (κ3) is 3.79. The van der Waals surface area contributed by atoms with Gasteiger partial charge >= 0.3 is 12.1 Å². The lowest BCUT2D eigenvalue weighted by Crippen LogP contribution is -2.56. The van der Waals surface area contributed by atoms with Crippen LogP contribution in [0.15, 0.2) is 42.0 Å². The summed E-state index contributed by atoms with van der Waals surface area (Å²) >= 11 is 0. The van der Waals surface area contributed by atoms with Gasteiger partial charge in [-0.3, -0.25) is 9.59 Å². The summed E-state index contributed by atoms with van der Waals surface area (Å²) in [6.07, 6.45) is 5.27. The van der Waals surface area contributed by atoms with Gasteiger partial charge < -0.3 is 19.7 Å². The Morgan fingerprint density at radius 1 is 1.06 bits per heavy atom. The maximum Gasteiger partial charge on any atom is 0.511 e. The lowest BCUT2D eigenvalue weighted by Gasteiger charge is -2.58. The van der Waals surface area contributed by atoms with Gasteiger partial charge in [0.25, 0.3) is 0 Å². The largest absolute Gasteiger partial charge is 0.511 e. The number of rotatable bonds is 4.